The molecule has 2 rings (SSSR count). The Morgan fingerprint density at radius 1 is 1.58 bits per heavy atom. The Morgan fingerprint density at radius 2 is 2.32 bits per heavy atom. The van der Waals surface area contributed by atoms with Crippen molar-refractivity contribution in [1.82, 2.24) is 14.7 Å². The normalized spacial score (nSPS) is 22.7. The molecule has 4 nitrogen and oxygen atoms in total. The van der Waals surface area contributed by atoms with Crippen molar-refractivity contribution in [3.8, 4) is 0 Å². The number of halogens is 1. The second-order valence-electron chi connectivity index (χ2n) is 5.06. The summed E-state index contributed by atoms with van der Waals surface area (Å²) in [5.74, 6) is 2.13. The third kappa shape index (κ3) is 3.27. The van der Waals surface area contributed by atoms with Crippen LogP contribution in [0.2, 0.25) is 5.02 Å². The molecule has 0 amide bonds. The van der Waals surface area contributed by atoms with Crippen molar-refractivity contribution in [2.24, 2.45) is 0 Å². The van der Waals surface area contributed by atoms with Crippen molar-refractivity contribution in [2.45, 2.75) is 39.0 Å². The van der Waals surface area contributed by atoms with Gasteiger partial charge >= 0.3 is 0 Å². The van der Waals surface area contributed by atoms with E-state index < -0.39 is 6.10 Å². The Morgan fingerprint density at radius 3 is 2.95 bits per heavy atom. The van der Waals surface area contributed by atoms with Gasteiger partial charge in [-0.15, -0.1) is 0 Å². The Balaban J connectivity index is 2.11. The van der Waals surface area contributed by atoms with E-state index in [-0.39, 0.29) is 6.04 Å². The van der Waals surface area contributed by atoms with E-state index >= 15 is 0 Å². The molecular weight excluding hydrogens is 282 g/mol. The van der Waals surface area contributed by atoms with Crippen molar-refractivity contribution in [3.63, 3.8) is 0 Å². The number of aliphatic hydroxyl groups excluding tert-OH is 1. The predicted molar refractivity (Wildman–Crippen MR) is 81.1 cm³/mol. The van der Waals surface area contributed by atoms with E-state index in [9.17, 15) is 5.11 Å². The lowest BCUT2D eigenvalue weighted by molar-refractivity contribution is 0.0747. The summed E-state index contributed by atoms with van der Waals surface area (Å²) in [6.45, 7) is 5.77. The van der Waals surface area contributed by atoms with E-state index in [0.29, 0.717) is 11.4 Å². The fourth-order valence-electron chi connectivity index (χ4n) is 2.51. The highest BCUT2D eigenvalue weighted by atomic mass is 35.5. The van der Waals surface area contributed by atoms with Crippen LogP contribution >= 0.6 is 23.4 Å². The van der Waals surface area contributed by atoms with Crippen LogP contribution in [0.1, 0.15) is 18.3 Å². The molecule has 0 bridgehead atoms. The average Bonchev–Trinajstić information content (AvgIpc) is 2.67. The molecule has 1 aromatic rings. The number of nitrogens with zero attached hydrogens (tertiary/aromatic N) is 3. The third-order valence-corrected chi connectivity index (χ3v) is 5.28. The molecule has 0 aliphatic carbocycles. The molecule has 108 valence electrons. The fraction of sp³-hybridized carbons (Fsp3) is 0.769. The highest BCUT2D eigenvalue weighted by Gasteiger charge is 2.28. The molecule has 1 aromatic heterocycles. The Labute approximate surface area is 124 Å². The molecule has 2 atom stereocenters. The number of rotatable bonds is 4. The SMILES string of the molecule is CCn1nc(C)c(Cl)c1CC(O)C1CSCCN1C. The molecule has 0 spiro atoms. The molecule has 1 saturated heterocycles. The average molecular weight is 304 g/mol. The third-order valence-electron chi connectivity index (χ3n) is 3.74. The topological polar surface area (TPSA) is 41.3 Å². The monoisotopic (exact) mass is 303 g/mol. The number of hydrogen-bond acceptors (Lipinski definition) is 4. The molecule has 0 saturated carbocycles. The fourth-order valence-corrected chi connectivity index (χ4v) is 4.02. The molecule has 1 aliphatic heterocycles. The maximum absolute atomic E-state index is 10.5. The summed E-state index contributed by atoms with van der Waals surface area (Å²) in [6.07, 6.45) is 0.181. The van der Waals surface area contributed by atoms with Crippen LogP contribution in [0.3, 0.4) is 0 Å². The molecule has 0 aromatic carbocycles. The molecule has 1 aliphatic rings. The van der Waals surface area contributed by atoms with E-state index in [0.717, 1.165) is 36.0 Å². The van der Waals surface area contributed by atoms with Crippen LogP contribution in [0.15, 0.2) is 0 Å². The van der Waals surface area contributed by atoms with Crippen LogP contribution in [0, 0.1) is 6.92 Å². The quantitative estimate of drug-likeness (QED) is 0.921. The van der Waals surface area contributed by atoms with Gasteiger partial charge in [-0.25, -0.2) is 0 Å². The molecule has 6 heteroatoms. The minimum Gasteiger partial charge on any atom is -0.391 e. The maximum Gasteiger partial charge on any atom is 0.0848 e. The first-order valence-electron chi connectivity index (χ1n) is 6.72. The van der Waals surface area contributed by atoms with E-state index in [4.69, 9.17) is 11.6 Å². The highest BCUT2D eigenvalue weighted by Crippen LogP contribution is 2.25. The highest BCUT2D eigenvalue weighted by molar-refractivity contribution is 7.99. The molecule has 1 N–H and O–H groups in total. The summed E-state index contributed by atoms with van der Waals surface area (Å²) in [6, 6.07) is 0.204. The van der Waals surface area contributed by atoms with Crippen molar-refractivity contribution in [3.05, 3.63) is 16.4 Å². The number of hydrogen-bond donors (Lipinski definition) is 1. The van der Waals surface area contributed by atoms with Crippen molar-refractivity contribution in [2.75, 3.05) is 25.1 Å². The largest absolute Gasteiger partial charge is 0.391 e. The Kier molecular flexibility index (Phi) is 5.17. The number of aromatic nitrogens is 2. The first-order valence-corrected chi connectivity index (χ1v) is 8.25. The lowest BCUT2D eigenvalue weighted by Crippen LogP contribution is -2.48. The van der Waals surface area contributed by atoms with Crippen LogP contribution in [-0.4, -0.2) is 57.0 Å². The Bertz CT molecular complexity index is 438. The van der Waals surface area contributed by atoms with Gasteiger partial charge in [0.25, 0.3) is 0 Å². The number of thioether (sulfide) groups is 1. The molecule has 1 fully saturated rings. The van der Waals surface area contributed by atoms with Gasteiger partial charge in [-0.05, 0) is 20.9 Å². The van der Waals surface area contributed by atoms with Crippen LogP contribution in [0.5, 0.6) is 0 Å². The summed E-state index contributed by atoms with van der Waals surface area (Å²) in [5.41, 5.74) is 1.80. The van der Waals surface area contributed by atoms with Gasteiger partial charge in [-0.1, -0.05) is 11.6 Å². The smallest absolute Gasteiger partial charge is 0.0848 e. The van der Waals surface area contributed by atoms with Crippen LogP contribution in [0.4, 0.5) is 0 Å². The van der Waals surface area contributed by atoms with Gasteiger partial charge < -0.3 is 5.11 Å². The molecule has 2 unspecified atom stereocenters. The summed E-state index contributed by atoms with van der Waals surface area (Å²) in [7, 11) is 2.08. The zero-order valence-electron chi connectivity index (χ0n) is 11.8. The Hall–Kier alpha value is -0.230. The lowest BCUT2D eigenvalue weighted by Gasteiger charge is -2.35. The molecule has 19 heavy (non-hydrogen) atoms. The second-order valence-corrected chi connectivity index (χ2v) is 6.58. The first kappa shape index (κ1) is 15.2. The second kappa shape index (κ2) is 6.48. The van der Waals surface area contributed by atoms with Gasteiger partial charge in [0.2, 0.25) is 0 Å². The van der Waals surface area contributed by atoms with Gasteiger partial charge in [0.05, 0.1) is 22.5 Å². The lowest BCUT2D eigenvalue weighted by atomic mass is 10.1. The van der Waals surface area contributed by atoms with Gasteiger partial charge in [0, 0.05) is 37.1 Å². The molecule has 0 radical (unpaired) electrons. The van der Waals surface area contributed by atoms with Gasteiger partial charge in [0.15, 0.2) is 0 Å². The summed E-state index contributed by atoms with van der Waals surface area (Å²) >= 11 is 8.21. The van der Waals surface area contributed by atoms with Crippen molar-refractivity contribution in [1.29, 1.82) is 0 Å². The predicted octanol–water partition coefficient (Wildman–Crippen LogP) is 1.82. The summed E-state index contributed by atoms with van der Waals surface area (Å²) in [5, 5.41) is 15.6. The van der Waals surface area contributed by atoms with Crippen LogP contribution < -0.4 is 0 Å². The van der Waals surface area contributed by atoms with Gasteiger partial charge in [-0.2, -0.15) is 16.9 Å². The number of aryl methyl sites for hydroxylation is 2. The van der Waals surface area contributed by atoms with E-state index in [2.05, 4.69) is 17.0 Å². The summed E-state index contributed by atoms with van der Waals surface area (Å²) in [4.78, 5) is 2.24. The first-order chi connectivity index (χ1) is 9.04. The van der Waals surface area contributed by atoms with Gasteiger partial charge in [-0.3, -0.25) is 9.58 Å². The zero-order valence-corrected chi connectivity index (χ0v) is 13.3. The van der Waals surface area contributed by atoms with Gasteiger partial charge in [0.1, 0.15) is 0 Å². The van der Waals surface area contributed by atoms with E-state index in [1.54, 1.807) is 0 Å². The van der Waals surface area contributed by atoms with E-state index in [1.165, 1.54) is 0 Å². The number of likely N-dealkylation sites (N-methyl/N-ethyl adjacent to an activating group) is 1. The standard InChI is InChI=1S/C13H22ClN3OS/c1-4-17-10(13(14)9(2)15-17)7-12(18)11-8-19-6-5-16(11)3/h11-12,18H,4-8H2,1-3H3. The minimum absolute atomic E-state index is 0.204. The number of aliphatic hydroxyl groups is 1. The molecular formula is C13H22ClN3OS. The maximum atomic E-state index is 10.5. The minimum atomic E-state index is -0.392. The van der Waals surface area contributed by atoms with Crippen LogP contribution in [0.25, 0.3) is 0 Å². The van der Waals surface area contributed by atoms with Crippen LogP contribution in [-0.2, 0) is 13.0 Å². The van der Waals surface area contributed by atoms with E-state index in [1.807, 2.05) is 30.3 Å². The zero-order chi connectivity index (χ0) is 14.0. The van der Waals surface area contributed by atoms with Crippen molar-refractivity contribution >= 4 is 23.4 Å². The van der Waals surface area contributed by atoms with Crippen molar-refractivity contribution < 1.29 is 5.11 Å². The summed E-state index contributed by atoms with van der Waals surface area (Å²) < 4.78 is 1.90. The molecule has 2 heterocycles.